The van der Waals surface area contributed by atoms with Gasteiger partial charge >= 0.3 is 5.97 Å². The fraction of sp³-hybridized carbons (Fsp3) is 0.217. The topological polar surface area (TPSA) is 43.6 Å². The number of aliphatic imine (C=N–C) groups is 1. The zero-order valence-corrected chi connectivity index (χ0v) is 18.1. The molecule has 3 aromatic rings. The zero-order valence-electron chi connectivity index (χ0n) is 16.5. The van der Waals surface area contributed by atoms with E-state index in [9.17, 15) is 4.79 Å². The van der Waals surface area contributed by atoms with Crippen molar-refractivity contribution < 1.29 is 9.53 Å². The molecule has 0 radical (unpaired) electrons. The summed E-state index contributed by atoms with van der Waals surface area (Å²) in [7, 11) is 0. The van der Waals surface area contributed by atoms with Crippen LogP contribution in [0.5, 0.6) is 0 Å². The van der Waals surface area contributed by atoms with Gasteiger partial charge in [-0.25, -0.2) is 4.79 Å². The van der Waals surface area contributed by atoms with Crippen molar-refractivity contribution in [1.29, 1.82) is 0 Å². The standard InChI is InChI=1S/C23H23BrN2O2/c1-5-28-23(27)18-7-6-8-21(13-18)26-16(3)12-19(17(26)4)14-25-22-10-9-20(24)11-15(22)2/h6-14H,5H2,1-4H3. The Morgan fingerprint density at radius 3 is 2.64 bits per heavy atom. The summed E-state index contributed by atoms with van der Waals surface area (Å²) < 4.78 is 8.29. The van der Waals surface area contributed by atoms with Gasteiger partial charge in [-0.15, -0.1) is 0 Å². The highest BCUT2D eigenvalue weighted by Gasteiger charge is 2.12. The van der Waals surface area contributed by atoms with Gasteiger partial charge in [0.15, 0.2) is 0 Å². The van der Waals surface area contributed by atoms with E-state index in [1.807, 2.05) is 50.4 Å². The minimum Gasteiger partial charge on any atom is -0.462 e. The number of ether oxygens (including phenoxy) is 1. The summed E-state index contributed by atoms with van der Waals surface area (Å²) in [5.74, 6) is -0.306. The van der Waals surface area contributed by atoms with Crippen LogP contribution in [-0.4, -0.2) is 23.4 Å². The summed E-state index contributed by atoms with van der Waals surface area (Å²) in [4.78, 5) is 16.7. The fourth-order valence-corrected chi connectivity index (χ4v) is 3.68. The molecule has 0 spiro atoms. The molecule has 0 saturated heterocycles. The quantitative estimate of drug-likeness (QED) is 0.357. The maximum absolute atomic E-state index is 12.1. The van der Waals surface area contributed by atoms with E-state index >= 15 is 0 Å². The van der Waals surface area contributed by atoms with Gasteiger partial charge in [0.05, 0.1) is 17.9 Å². The second kappa shape index (κ2) is 8.57. The predicted octanol–water partition coefficient (Wildman–Crippen LogP) is 6.09. The Morgan fingerprint density at radius 1 is 1.14 bits per heavy atom. The van der Waals surface area contributed by atoms with Gasteiger partial charge in [-0.2, -0.15) is 0 Å². The molecule has 0 bridgehead atoms. The third kappa shape index (κ3) is 4.25. The number of aromatic nitrogens is 1. The predicted molar refractivity (Wildman–Crippen MR) is 117 cm³/mol. The number of nitrogens with zero attached hydrogens (tertiary/aromatic N) is 2. The van der Waals surface area contributed by atoms with Gasteiger partial charge in [-0.3, -0.25) is 4.99 Å². The van der Waals surface area contributed by atoms with Crippen molar-refractivity contribution in [3.8, 4) is 5.69 Å². The Morgan fingerprint density at radius 2 is 1.93 bits per heavy atom. The van der Waals surface area contributed by atoms with E-state index < -0.39 is 0 Å². The Kier molecular flexibility index (Phi) is 6.15. The maximum atomic E-state index is 12.1. The lowest BCUT2D eigenvalue weighted by Gasteiger charge is -2.11. The molecular formula is C23H23BrN2O2. The Bertz CT molecular complexity index is 1050. The average Bonchev–Trinajstić information content (AvgIpc) is 2.95. The van der Waals surface area contributed by atoms with Crippen molar-refractivity contribution in [3.05, 3.63) is 81.1 Å². The van der Waals surface area contributed by atoms with Gasteiger partial charge in [-0.1, -0.05) is 22.0 Å². The van der Waals surface area contributed by atoms with Crippen LogP contribution in [0.4, 0.5) is 5.69 Å². The first kappa shape index (κ1) is 20.1. The van der Waals surface area contributed by atoms with E-state index in [1.54, 1.807) is 13.0 Å². The van der Waals surface area contributed by atoms with E-state index in [1.165, 1.54) is 0 Å². The molecule has 0 aliphatic rings. The number of esters is 1. The van der Waals surface area contributed by atoms with Crippen molar-refractivity contribution >= 4 is 33.8 Å². The fourth-order valence-electron chi connectivity index (χ4n) is 3.20. The third-order valence-electron chi connectivity index (χ3n) is 4.59. The molecule has 2 aromatic carbocycles. The number of rotatable bonds is 5. The van der Waals surface area contributed by atoms with E-state index in [0.29, 0.717) is 12.2 Å². The van der Waals surface area contributed by atoms with Crippen molar-refractivity contribution in [2.24, 2.45) is 4.99 Å². The molecule has 4 nitrogen and oxygen atoms in total. The molecule has 0 saturated carbocycles. The van der Waals surface area contributed by atoms with Crippen LogP contribution >= 0.6 is 15.9 Å². The van der Waals surface area contributed by atoms with Gasteiger partial charge < -0.3 is 9.30 Å². The molecule has 0 amide bonds. The summed E-state index contributed by atoms with van der Waals surface area (Å²) in [5.41, 5.74) is 6.72. The Balaban J connectivity index is 1.95. The second-order valence-electron chi connectivity index (χ2n) is 6.62. The molecule has 0 aliphatic heterocycles. The summed E-state index contributed by atoms with van der Waals surface area (Å²) >= 11 is 3.48. The number of halogens is 1. The normalized spacial score (nSPS) is 11.2. The smallest absolute Gasteiger partial charge is 0.338 e. The monoisotopic (exact) mass is 438 g/mol. The molecule has 0 aliphatic carbocycles. The highest BCUT2D eigenvalue weighted by atomic mass is 79.9. The number of aryl methyl sites for hydroxylation is 2. The van der Waals surface area contributed by atoms with Crippen molar-refractivity contribution in [1.82, 2.24) is 4.57 Å². The minimum absolute atomic E-state index is 0.306. The van der Waals surface area contributed by atoms with Gasteiger partial charge in [0, 0.05) is 33.3 Å². The van der Waals surface area contributed by atoms with E-state index in [-0.39, 0.29) is 5.97 Å². The van der Waals surface area contributed by atoms with Crippen LogP contribution in [0.1, 0.15) is 39.8 Å². The molecule has 1 heterocycles. The van der Waals surface area contributed by atoms with Crippen LogP contribution in [0.2, 0.25) is 0 Å². The summed E-state index contributed by atoms with van der Waals surface area (Å²) in [5, 5.41) is 0. The number of carbonyl (C=O) groups excluding carboxylic acids is 1. The number of benzene rings is 2. The first-order valence-electron chi connectivity index (χ1n) is 9.17. The highest BCUT2D eigenvalue weighted by molar-refractivity contribution is 9.10. The molecule has 1 aromatic heterocycles. The highest BCUT2D eigenvalue weighted by Crippen LogP contribution is 2.24. The molecule has 5 heteroatoms. The Labute approximate surface area is 174 Å². The molecule has 144 valence electrons. The van der Waals surface area contributed by atoms with Crippen molar-refractivity contribution in [2.75, 3.05) is 6.61 Å². The number of hydrogen-bond acceptors (Lipinski definition) is 3. The van der Waals surface area contributed by atoms with E-state index in [0.717, 1.165) is 38.4 Å². The molecule has 0 fully saturated rings. The van der Waals surface area contributed by atoms with Gasteiger partial charge in [0.25, 0.3) is 0 Å². The molecule has 0 atom stereocenters. The van der Waals surface area contributed by atoms with Crippen LogP contribution in [-0.2, 0) is 4.74 Å². The second-order valence-corrected chi connectivity index (χ2v) is 7.54. The summed E-state index contributed by atoms with van der Waals surface area (Å²) in [6.45, 7) is 8.31. The lowest BCUT2D eigenvalue weighted by Crippen LogP contribution is -2.06. The first-order chi connectivity index (χ1) is 13.4. The first-order valence-corrected chi connectivity index (χ1v) is 9.96. The average molecular weight is 439 g/mol. The van der Waals surface area contributed by atoms with E-state index in [2.05, 4.69) is 44.5 Å². The lowest BCUT2D eigenvalue weighted by atomic mass is 10.2. The molecular weight excluding hydrogens is 416 g/mol. The molecule has 28 heavy (non-hydrogen) atoms. The van der Waals surface area contributed by atoms with Crippen LogP contribution in [0.3, 0.4) is 0 Å². The van der Waals surface area contributed by atoms with Gasteiger partial charge in [0.2, 0.25) is 0 Å². The molecule has 3 rings (SSSR count). The van der Waals surface area contributed by atoms with E-state index in [4.69, 9.17) is 4.74 Å². The molecule has 0 unspecified atom stereocenters. The summed E-state index contributed by atoms with van der Waals surface area (Å²) in [6, 6.07) is 15.6. The van der Waals surface area contributed by atoms with Crippen LogP contribution in [0.25, 0.3) is 5.69 Å². The number of hydrogen-bond donors (Lipinski definition) is 0. The lowest BCUT2D eigenvalue weighted by molar-refractivity contribution is 0.0526. The third-order valence-corrected chi connectivity index (χ3v) is 5.08. The van der Waals surface area contributed by atoms with Crippen molar-refractivity contribution in [3.63, 3.8) is 0 Å². The van der Waals surface area contributed by atoms with Crippen molar-refractivity contribution in [2.45, 2.75) is 27.7 Å². The largest absolute Gasteiger partial charge is 0.462 e. The van der Waals surface area contributed by atoms with Gasteiger partial charge in [-0.05, 0) is 75.7 Å². The van der Waals surface area contributed by atoms with Gasteiger partial charge in [0.1, 0.15) is 0 Å². The minimum atomic E-state index is -0.306. The molecule has 0 N–H and O–H groups in total. The zero-order chi connectivity index (χ0) is 20.3. The number of carbonyl (C=O) groups is 1. The maximum Gasteiger partial charge on any atom is 0.338 e. The SMILES string of the molecule is CCOC(=O)c1cccc(-n2c(C)cc(C=Nc3ccc(Br)cc3C)c2C)c1. The van der Waals surface area contributed by atoms with Crippen LogP contribution in [0, 0.1) is 20.8 Å². The summed E-state index contributed by atoms with van der Waals surface area (Å²) in [6.07, 6.45) is 1.89. The van der Waals surface area contributed by atoms with Crippen LogP contribution < -0.4 is 0 Å². The van der Waals surface area contributed by atoms with Crippen LogP contribution in [0.15, 0.2) is 58.0 Å². The Hall–Kier alpha value is -2.66.